The van der Waals surface area contributed by atoms with Gasteiger partial charge in [0.2, 0.25) is 0 Å². The molecule has 2 aliphatic rings. The minimum absolute atomic E-state index is 0.0313. The van der Waals surface area contributed by atoms with Gasteiger partial charge >= 0.3 is 6.18 Å². The summed E-state index contributed by atoms with van der Waals surface area (Å²) in [5.41, 5.74) is -2.83. The number of halogens is 3. The number of hydrogen-bond acceptors (Lipinski definition) is 4. The van der Waals surface area contributed by atoms with Crippen LogP contribution >= 0.6 is 0 Å². The number of ether oxygens (including phenoxy) is 1. The van der Waals surface area contributed by atoms with Crippen LogP contribution in [0, 0.1) is 5.41 Å². The quantitative estimate of drug-likeness (QED) is 0.748. The molecule has 0 spiro atoms. The predicted molar refractivity (Wildman–Crippen MR) is 94.2 cm³/mol. The summed E-state index contributed by atoms with van der Waals surface area (Å²) >= 11 is 0. The highest BCUT2D eigenvalue weighted by Crippen LogP contribution is 2.45. The Kier molecular flexibility index (Phi) is 4.49. The molecule has 28 heavy (non-hydrogen) atoms. The lowest BCUT2D eigenvalue weighted by atomic mass is 9.92. The van der Waals surface area contributed by atoms with Gasteiger partial charge in [-0.25, -0.2) is 0 Å². The largest absolute Gasteiger partial charge is 0.509 e. The summed E-state index contributed by atoms with van der Waals surface area (Å²) in [6.45, 7) is 7.24. The molecule has 1 aromatic carbocycles. The van der Waals surface area contributed by atoms with E-state index in [0.717, 1.165) is 24.3 Å². The van der Waals surface area contributed by atoms with Gasteiger partial charge in [0, 0.05) is 11.1 Å². The maximum absolute atomic E-state index is 12.9. The van der Waals surface area contributed by atoms with Gasteiger partial charge in [0.15, 0.2) is 0 Å². The number of rotatable bonds is 2. The van der Waals surface area contributed by atoms with E-state index in [-0.39, 0.29) is 12.3 Å². The first kappa shape index (κ1) is 20.2. The lowest BCUT2D eigenvalue weighted by molar-refractivity contribution is -0.140. The fraction of sp³-hybridized carbons (Fsp3) is 0.474. The maximum atomic E-state index is 12.9. The summed E-state index contributed by atoms with van der Waals surface area (Å²) in [5.74, 6) is -1.97. The van der Waals surface area contributed by atoms with E-state index in [1.807, 2.05) is 20.8 Å². The Morgan fingerprint density at radius 3 is 2.32 bits per heavy atom. The van der Waals surface area contributed by atoms with Crippen molar-refractivity contribution < 1.29 is 32.6 Å². The van der Waals surface area contributed by atoms with Gasteiger partial charge in [-0.3, -0.25) is 14.5 Å². The molecule has 6 nitrogen and oxygen atoms in total. The summed E-state index contributed by atoms with van der Waals surface area (Å²) in [4.78, 5) is 26.9. The number of amides is 2. The zero-order chi connectivity index (χ0) is 21.1. The topological polar surface area (TPSA) is 78.9 Å². The van der Waals surface area contributed by atoms with Gasteiger partial charge in [-0.1, -0.05) is 20.8 Å². The molecule has 1 saturated heterocycles. The van der Waals surface area contributed by atoms with Crippen LogP contribution in [0.2, 0.25) is 0 Å². The second-order valence-electron chi connectivity index (χ2n) is 8.23. The molecule has 2 heterocycles. The second kappa shape index (κ2) is 6.23. The minimum Gasteiger partial charge on any atom is -0.509 e. The van der Waals surface area contributed by atoms with Crippen molar-refractivity contribution >= 4 is 17.5 Å². The number of aliphatic hydroxyl groups is 1. The highest BCUT2D eigenvalue weighted by atomic mass is 19.4. The summed E-state index contributed by atoms with van der Waals surface area (Å²) in [6.07, 6.45) is -5.13. The molecule has 1 aromatic rings. The van der Waals surface area contributed by atoms with Crippen LogP contribution in [0.25, 0.3) is 0 Å². The van der Waals surface area contributed by atoms with Crippen molar-refractivity contribution in [3.8, 4) is 0 Å². The number of anilines is 1. The van der Waals surface area contributed by atoms with Crippen LogP contribution in [-0.2, 0) is 20.5 Å². The first-order chi connectivity index (χ1) is 12.8. The highest BCUT2D eigenvalue weighted by Gasteiger charge is 2.60. The normalized spacial score (nSPS) is 25.3. The lowest BCUT2D eigenvalue weighted by Crippen LogP contribution is -2.50. The highest BCUT2D eigenvalue weighted by molar-refractivity contribution is 6.25. The van der Waals surface area contributed by atoms with Crippen LogP contribution < -0.4 is 5.32 Å². The van der Waals surface area contributed by atoms with Gasteiger partial charge in [0.1, 0.15) is 23.1 Å². The van der Waals surface area contributed by atoms with Crippen LogP contribution in [0.15, 0.2) is 35.6 Å². The van der Waals surface area contributed by atoms with Crippen molar-refractivity contribution in [1.82, 2.24) is 4.90 Å². The molecule has 3 rings (SSSR count). The van der Waals surface area contributed by atoms with Gasteiger partial charge in [0.25, 0.3) is 11.8 Å². The van der Waals surface area contributed by atoms with E-state index >= 15 is 0 Å². The number of carbonyl (C=O) groups is 2. The van der Waals surface area contributed by atoms with E-state index < -0.39 is 52.1 Å². The van der Waals surface area contributed by atoms with Crippen LogP contribution in [0.4, 0.5) is 18.9 Å². The summed E-state index contributed by atoms with van der Waals surface area (Å²) in [6, 6.07) is 3.82. The first-order valence-corrected chi connectivity index (χ1v) is 8.64. The van der Waals surface area contributed by atoms with Crippen LogP contribution in [-0.4, -0.2) is 40.2 Å². The van der Waals surface area contributed by atoms with Gasteiger partial charge in [0.05, 0.1) is 12.2 Å². The minimum atomic E-state index is -4.49. The number of benzene rings is 1. The smallest absolute Gasteiger partial charge is 0.416 e. The van der Waals surface area contributed by atoms with E-state index in [2.05, 4.69) is 5.32 Å². The fourth-order valence-corrected chi connectivity index (χ4v) is 3.43. The molecule has 2 aliphatic heterocycles. The van der Waals surface area contributed by atoms with E-state index in [0.29, 0.717) is 0 Å². The Hall–Kier alpha value is -2.55. The molecule has 2 N–H and O–H groups in total. The fourth-order valence-electron chi connectivity index (χ4n) is 3.43. The molecule has 1 fully saturated rings. The third-order valence-corrected chi connectivity index (χ3v) is 4.91. The van der Waals surface area contributed by atoms with Crippen LogP contribution in [0.5, 0.6) is 0 Å². The molecular formula is C19H21F3N2O4. The molecule has 0 unspecified atom stereocenters. The van der Waals surface area contributed by atoms with Crippen molar-refractivity contribution in [2.24, 2.45) is 5.41 Å². The van der Waals surface area contributed by atoms with Crippen molar-refractivity contribution in [2.45, 2.75) is 45.6 Å². The number of nitrogens with one attached hydrogen (secondary N) is 1. The number of hydrogen-bond donors (Lipinski definition) is 2. The molecule has 2 atom stereocenters. The standard InChI is InChI=1S/C19H21F3N2O4/c1-17(2,3)16-24-15(27)12(13(25)18(24,4)9-28-16)14(26)23-11-7-5-10(6-8-11)19(20,21)22/h5-8,16,25H,9H2,1-4H3,(H,23,26)/t16-,18-/m1/s1. The molecule has 0 saturated carbocycles. The maximum Gasteiger partial charge on any atom is 0.416 e. The number of nitrogens with zero attached hydrogens (tertiary/aromatic N) is 1. The van der Waals surface area contributed by atoms with E-state index in [1.54, 1.807) is 6.92 Å². The Morgan fingerprint density at radius 1 is 1.25 bits per heavy atom. The van der Waals surface area contributed by atoms with E-state index in [4.69, 9.17) is 4.74 Å². The SMILES string of the molecule is CC(C)(C)[C@H]1OC[C@]2(C)C(O)=C(C(=O)Nc3ccc(C(F)(F)F)cc3)C(=O)N12. The van der Waals surface area contributed by atoms with E-state index in [1.165, 1.54) is 4.90 Å². The molecular weight excluding hydrogens is 377 g/mol. The average molecular weight is 398 g/mol. The lowest BCUT2D eigenvalue weighted by Gasteiger charge is -2.36. The number of alkyl halides is 3. The molecule has 152 valence electrons. The van der Waals surface area contributed by atoms with Crippen molar-refractivity contribution in [3.63, 3.8) is 0 Å². The van der Waals surface area contributed by atoms with Gasteiger partial charge in [-0.2, -0.15) is 13.2 Å². The van der Waals surface area contributed by atoms with Gasteiger partial charge in [-0.05, 0) is 31.2 Å². The third-order valence-electron chi connectivity index (χ3n) is 4.91. The summed E-state index contributed by atoms with van der Waals surface area (Å²) < 4.78 is 43.6. The molecule has 0 aromatic heterocycles. The van der Waals surface area contributed by atoms with Crippen molar-refractivity contribution in [3.05, 3.63) is 41.2 Å². The van der Waals surface area contributed by atoms with Gasteiger partial charge < -0.3 is 15.2 Å². The Balaban J connectivity index is 1.85. The third kappa shape index (κ3) is 3.13. The first-order valence-electron chi connectivity index (χ1n) is 8.64. The molecule has 0 bridgehead atoms. The summed E-state index contributed by atoms with van der Waals surface area (Å²) in [5, 5.41) is 13.0. The Morgan fingerprint density at radius 2 is 1.82 bits per heavy atom. The van der Waals surface area contributed by atoms with E-state index in [9.17, 15) is 27.9 Å². The van der Waals surface area contributed by atoms with Gasteiger partial charge in [-0.15, -0.1) is 0 Å². The predicted octanol–water partition coefficient (Wildman–Crippen LogP) is 3.46. The number of fused-ring (bicyclic) bond motifs is 1. The number of aliphatic hydroxyl groups excluding tert-OH is 1. The average Bonchev–Trinajstić information content (AvgIpc) is 3.01. The summed E-state index contributed by atoms with van der Waals surface area (Å²) in [7, 11) is 0. The zero-order valence-corrected chi connectivity index (χ0v) is 15.8. The van der Waals surface area contributed by atoms with Crippen molar-refractivity contribution in [1.29, 1.82) is 0 Å². The second-order valence-corrected chi connectivity index (χ2v) is 8.23. The molecule has 9 heteroatoms. The molecule has 0 aliphatic carbocycles. The number of carbonyl (C=O) groups excluding carboxylic acids is 2. The zero-order valence-electron chi connectivity index (χ0n) is 15.8. The molecule has 0 radical (unpaired) electrons. The Bertz CT molecular complexity index is 855. The van der Waals surface area contributed by atoms with Crippen molar-refractivity contribution in [2.75, 3.05) is 11.9 Å². The van der Waals surface area contributed by atoms with Crippen LogP contribution in [0.3, 0.4) is 0 Å². The molecule has 2 amide bonds. The van der Waals surface area contributed by atoms with Crippen LogP contribution in [0.1, 0.15) is 33.3 Å². The Labute approximate surface area is 160 Å². The monoisotopic (exact) mass is 398 g/mol.